The Morgan fingerprint density at radius 3 is 2.13 bits per heavy atom. The number of rotatable bonds is 3. The van der Waals surface area contributed by atoms with Gasteiger partial charge >= 0.3 is 6.18 Å². The van der Waals surface area contributed by atoms with Crippen LogP contribution in [-0.4, -0.2) is 11.7 Å². The van der Waals surface area contributed by atoms with Gasteiger partial charge in [0.1, 0.15) is 0 Å². The van der Waals surface area contributed by atoms with Crippen molar-refractivity contribution in [1.82, 2.24) is 0 Å². The van der Waals surface area contributed by atoms with Crippen molar-refractivity contribution in [3.8, 4) is 0 Å². The molecule has 0 heterocycles. The van der Waals surface area contributed by atoms with Crippen LogP contribution < -0.4 is 0 Å². The van der Waals surface area contributed by atoms with Crippen molar-refractivity contribution in [3.63, 3.8) is 0 Å². The number of alkyl halides is 3. The molecule has 1 aromatic rings. The van der Waals surface area contributed by atoms with Crippen LogP contribution >= 0.6 is 0 Å². The molecule has 82 valence electrons. The van der Waals surface area contributed by atoms with Crippen molar-refractivity contribution in [1.29, 1.82) is 0 Å². The molecule has 1 rings (SSSR count). The molecule has 15 heavy (non-hydrogen) atoms. The lowest BCUT2D eigenvalue weighted by Gasteiger charge is -2.11. The molecular weight excluding hydrogens is 205 g/mol. The van der Waals surface area contributed by atoms with E-state index in [9.17, 15) is 13.2 Å². The maximum absolute atomic E-state index is 12.2. The maximum Gasteiger partial charge on any atom is 0.416 e. The molecule has 0 aliphatic heterocycles. The van der Waals surface area contributed by atoms with Gasteiger partial charge < -0.3 is 5.11 Å². The molecule has 1 atom stereocenters. The van der Waals surface area contributed by atoms with Gasteiger partial charge in [-0.2, -0.15) is 13.2 Å². The smallest absolute Gasteiger partial charge is 0.395 e. The van der Waals surface area contributed by atoms with Crippen molar-refractivity contribution in [3.05, 3.63) is 48.0 Å². The van der Waals surface area contributed by atoms with Gasteiger partial charge in [-0.05, 0) is 17.7 Å². The average molecular weight is 216 g/mol. The van der Waals surface area contributed by atoms with Crippen LogP contribution in [0.1, 0.15) is 17.0 Å². The third-order valence-electron chi connectivity index (χ3n) is 2.15. The fraction of sp³-hybridized carbons (Fsp3) is 0.273. The maximum atomic E-state index is 12.2. The minimum absolute atomic E-state index is 0.158. The van der Waals surface area contributed by atoms with E-state index in [0.717, 1.165) is 12.1 Å². The lowest BCUT2D eigenvalue weighted by molar-refractivity contribution is -0.137. The summed E-state index contributed by atoms with van der Waals surface area (Å²) in [5.74, 6) is -0.313. The largest absolute Gasteiger partial charge is 0.416 e. The van der Waals surface area contributed by atoms with Gasteiger partial charge in [0, 0.05) is 5.92 Å². The lowest BCUT2D eigenvalue weighted by atomic mass is 9.99. The van der Waals surface area contributed by atoms with E-state index in [1.54, 1.807) is 0 Å². The summed E-state index contributed by atoms with van der Waals surface area (Å²) in [5, 5.41) is 8.92. The second-order valence-corrected chi connectivity index (χ2v) is 3.14. The molecule has 1 aromatic carbocycles. The highest BCUT2D eigenvalue weighted by Crippen LogP contribution is 2.30. The van der Waals surface area contributed by atoms with Crippen LogP contribution in [0.25, 0.3) is 0 Å². The SMILES string of the molecule is C=C[C@@H](CO)c1ccc(C(F)(F)F)cc1. The van der Waals surface area contributed by atoms with Crippen LogP contribution in [0.2, 0.25) is 0 Å². The van der Waals surface area contributed by atoms with Crippen molar-refractivity contribution < 1.29 is 18.3 Å². The summed E-state index contributed by atoms with van der Waals surface area (Å²) < 4.78 is 36.6. The molecule has 1 nitrogen and oxygen atoms in total. The monoisotopic (exact) mass is 216 g/mol. The molecule has 0 amide bonds. The molecule has 0 unspecified atom stereocenters. The van der Waals surface area contributed by atoms with Gasteiger partial charge in [0.25, 0.3) is 0 Å². The van der Waals surface area contributed by atoms with E-state index < -0.39 is 11.7 Å². The Morgan fingerprint density at radius 1 is 1.27 bits per heavy atom. The first-order chi connectivity index (χ1) is 6.99. The zero-order valence-electron chi connectivity index (χ0n) is 7.96. The van der Waals surface area contributed by atoms with Crippen molar-refractivity contribution >= 4 is 0 Å². The van der Waals surface area contributed by atoms with Crippen molar-refractivity contribution in [2.24, 2.45) is 0 Å². The highest BCUT2D eigenvalue weighted by atomic mass is 19.4. The molecule has 0 saturated carbocycles. The summed E-state index contributed by atoms with van der Waals surface area (Å²) in [6.45, 7) is 3.34. The zero-order chi connectivity index (χ0) is 11.5. The van der Waals surface area contributed by atoms with Crippen molar-refractivity contribution in [2.75, 3.05) is 6.61 Å². The Kier molecular flexibility index (Phi) is 3.52. The van der Waals surface area contributed by atoms with E-state index in [1.807, 2.05) is 0 Å². The second-order valence-electron chi connectivity index (χ2n) is 3.14. The van der Waals surface area contributed by atoms with Gasteiger partial charge in [-0.15, -0.1) is 6.58 Å². The minimum atomic E-state index is -4.32. The molecule has 0 radical (unpaired) electrons. The predicted molar refractivity (Wildman–Crippen MR) is 51.5 cm³/mol. The fourth-order valence-corrected chi connectivity index (χ4v) is 1.24. The van der Waals surface area contributed by atoms with Gasteiger partial charge in [-0.25, -0.2) is 0 Å². The Bertz CT molecular complexity index is 327. The Labute approximate surface area is 85.9 Å². The minimum Gasteiger partial charge on any atom is -0.395 e. The van der Waals surface area contributed by atoms with E-state index in [4.69, 9.17) is 5.11 Å². The molecule has 0 spiro atoms. The highest BCUT2D eigenvalue weighted by Gasteiger charge is 2.30. The molecule has 0 aliphatic carbocycles. The lowest BCUT2D eigenvalue weighted by Crippen LogP contribution is -2.06. The molecule has 0 bridgehead atoms. The molecule has 4 heteroatoms. The first-order valence-corrected chi connectivity index (χ1v) is 4.39. The summed E-state index contributed by atoms with van der Waals surface area (Å²) in [5.41, 5.74) is -0.0625. The summed E-state index contributed by atoms with van der Waals surface area (Å²) in [6, 6.07) is 4.71. The predicted octanol–water partition coefficient (Wildman–Crippen LogP) is 2.97. The van der Waals surface area contributed by atoms with E-state index in [-0.39, 0.29) is 12.5 Å². The van der Waals surface area contributed by atoms with Crippen LogP contribution in [0, 0.1) is 0 Å². The molecule has 0 aliphatic rings. The first-order valence-electron chi connectivity index (χ1n) is 4.39. The fourth-order valence-electron chi connectivity index (χ4n) is 1.24. The number of halogens is 3. The normalized spacial score (nSPS) is 13.6. The van der Waals surface area contributed by atoms with Crippen LogP contribution in [0.3, 0.4) is 0 Å². The second kappa shape index (κ2) is 4.49. The third kappa shape index (κ3) is 2.83. The molecular formula is C11H11F3O. The van der Waals surface area contributed by atoms with Crippen LogP contribution in [0.5, 0.6) is 0 Å². The summed E-state index contributed by atoms with van der Waals surface area (Å²) in [4.78, 5) is 0. The van der Waals surface area contributed by atoms with Gasteiger partial charge in [0.15, 0.2) is 0 Å². The summed E-state index contributed by atoms with van der Waals surface area (Å²) >= 11 is 0. The number of hydrogen-bond acceptors (Lipinski definition) is 1. The molecule has 0 saturated heterocycles. The standard InChI is InChI=1S/C11H11F3O/c1-2-8(7-15)9-3-5-10(6-4-9)11(12,13)14/h2-6,8,15H,1,7H2/t8-/m0/s1. The van der Waals surface area contributed by atoms with E-state index >= 15 is 0 Å². The number of aliphatic hydroxyl groups is 1. The summed E-state index contributed by atoms with van der Waals surface area (Å²) in [7, 11) is 0. The average Bonchev–Trinajstić information content (AvgIpc) is 2.19. The van der Waals surface area contributed by atoms with Gasteiger partial charge in [-0.1, -0.05) is 18.2 Å². The first kappa shape index (κ1) is 11.8. The van der Waals surface area contributed by atoms with Gasteiger partial charge in [0.2, 0.25) is 0 Å². The van der Waals surface area contributed by atoms with Gasteiger partial charge in [-0.3, -0.25) is 0 Å². The van der Waals surface area contributed by atoms with Crippen molar-refractivity contribution in [2.45, 2.75) is 12.1 Å². The van der Waals surface area contributed by atoms with Crippen LogP contribution in [0.15, 0.2) is 36.9 Å². The topological polar surface area (TPSA) is 20.2 Å². The highest BCUT2D eigenvalue weighted by molar-refractivity contribution is 5.29. The van der Waals surface area contributed by atoms with E-state index in [1.165, 1.54) is 18.2 Å². The van der Waals surface area contributed by atoms with Crippen LogP contribution in [0.4, 0.5) is 13.2 Å². The number of hydrogen-bond donors (Lipinski definition) is 1. The van der Waals surface area contributed by atoms with E-state index in [0.29, 0.717) is 5.56 Å². The zero-order valence-corrected chi connectivity index (χ0v) is 7.96. The number of aliphatic hydroxyl groups excluding tert-OH is 1. The van der Waals surface area contributed by atoms with Gasteiger partial charge in [0.05, 0.1) is 12.2 Å². The Hall–Kier alpha value is -1.29. The molecule has 0 fully saturated rings. The molecule has 0 aromatic heterocycles. The third-order valence-corrected chi connectivity index (χ3v) is 2.15. The van der Waals surface area contributed by atoms with E-state index in [2.05, 4.69) is 6.58 Å². The Morgan fingerprint density at radius 2 is 1.80 bits per heavy atom. The molecule has 1 N–H and O–H groups in total. The summed E-state index contributed by atoms with van der Waals surface area (Å²) in [6.07, 6.45) is -2.82. The quantitative estimate of drug-likeness (QED) is 0.770. The number of benzene rings is 1. The van der Waals surface area contributed by atoms with Crippen LogP contribution in [-0.2, 0) is 6.18 Å². The Balaban J connectivity index is 2.94.